The maximum Gasteiger partial charge on any atom is 0.152 e. The lowest BCUT2D eigenvalue weighted by Gasteiger charge is -2.41. The van der Waals surface area contributed by atoms with E-state index in [1.807, 2.05) is 19.1 Å². The van der Waals surface area contributed by atoms with Crippen molar-refractivity contribution in [2.45, 2.75) is 38.5 Å². The van der Waals surface area contributed by atoms with Crippen LogP contribution in [0.1, 0.15) is 25.5 Å². The topological polar surface area (TPSA) is 113 Å². The maximum atomic E-state index is 9.98. The first kappa shape index (κ1) is 19.7. The van der Waals surface area contributed by atoms with Crippen LogP contribution < -0.4 is 10.6 Å². The van der Waals surface area contributed by atoms with Crippen LogP contribution in [0.2, 0.25) is 5.02 Å². The minimum atomic E-state index is -0.185. The van der Waals surface area contributed by atoms with Crippen molar-refractivity contribution in [3.8, 4) is 11.3 Å². The van der Waals surface area contributed by atoms with E-state index in [1.165, 1.54) is 0 Å². The second-order valence-electron chi connectivity index (χ2n) is 8.35. The van der Waals surface area contributed by atoms with Crippen LogP contribution in [0.15, 0.2) is 24.5 Å². The zero-order valence-electron chi connectivity index (χ0n) is 16.8. The van der Waals surface area contributed by atoms with Gasteiger partial charge in [0.1, 0.15) is 5.69 Å². The highest BCUT2D eigenvalue weighted by molar-refractivity contribution is 6.35. The maximum absolute atomic E-state index is 9.98. The third kappa shape index (κ3) is 3.15. The van der Waals surface area contributed by atoms with Crippen LogP contribution in [0.25, 0.3) is 22.2 Å². The Labute approximate surface area is 179 Å². The number of aliphatic hydroxyl groups excluding tert-OH is 1. The van der Waals surface area contributed by atoms with E-state index in [2.05, 4.69) is 25.1 Å². The zero-order valence-corrected chi connectivity index (χ0v) is 17.6. The highest BCUT2D eigenvalue weighted by Crippen LogP contribution is 2.42. The van der Waals surface area contributed by atoms with Crippen LogP contribution in [-0.4, -0.2) is 57.1 Å². The summed E-state index contributed by atoms with van der Waals surface area (Å²) in [5.41, 5.74) is 9.26. The highest BCUT2D eigenvalue weighted by atomic mass is 35.5. The van der Waals surface area contributed by atoms with E-state index in [0.29, 0.717) is 16.4 Å². The van der Waals surface area contributed by atoms with E-state index in [-0.39, 0.29) is 24.2 Å². The average Bonchev–Trinajstić information content (AvgIpc) is 3.35. The molecule has 158 valence electrons. The van der Waals surface area contributed by atoms with Gasteiger partial charge >= 0.3 is 0 Å². The Morgan fingerprint density at radius 1 is 1.37 bits per heavy atom. The quantitative estimate of drug-likeness (QED) is 0.587. The van der Waals surface area contributed by atoms with Gasteiger partial charge in [0.15, 0.2) is 5.82 Å². The van der Waals surface area contributed by atoms with Gasteiger partial charge in [0.2, 0.25) is 0 Å². The van der Waals surface area contributed by atoms with Crippen molar-refractivity contribution < 1.29 is 9.84 Å². The number of nitrogens with two attached hydrogens (primary N) is 1. The number of fused-ring (bicyclic) bond motifs is 1. The molecule has 1 spiro atoms. The van der Waals surface area contributed by atoms with Gasteiger partial charge in [0.25, 0.3) is 0 Å². The third-order valence-corrected chi connectivity index (χ3v) is 6.99. The van der Waals surface area contributed by atoms with Crippen molar-refractivity contribution in [3.63, 3.8) is 0 Å². The molecule has 2 saturated heterocycles. The Hall–Kier alpha value is -2.26. The molecule has 8 nitrogen and oxygen atoms in total. The van der Waals surface area contributed by atoms with Gasteiger partial charge in [0.05, 0.1) is 41.7 Å². The second-order valence-corrected chi connectivity index (χ2v) is 8.76. The summed E-state index contributed by atoms with van der Waals surface area (Å²) in [4.78, 5) is 11.5. The predicted molar refractivity (Wildman–Crippen MR) is 115 cm³/mol. The van der Waals surface area contributed by atoms with Crippen LogP contribution >= 0.6 is 11.6 Å². The number of nitrogens with one attached hydrogen (secondary N) is 1. The SMILES string of the molecule is C[C@@H]1OCC2(CCN(c3ncc(-c4cc(Cl)c5c[nH]nc5c4)nc3CO)CC2)[C@@H]1N. The van der Waals surface area contributed by atoms with Crippen molar-refractivity contribution in [3.05, 3.63) is 35.2 Å². The summed E-state index contributed by atoms with van der Waals surface area (Å²) in [6, 6.07) is 3.82. The summed E-state index contributed by atoms with van der Waals surface area (Å²) in [6.45, 7) is 4.21. The number of nitrogens with zero attached hydrogens (tertiary/aromatic N) is 4. The van der Waals surface area contributed by atoms with Crippen LogP contribution in [0.5, 0.6) is 0 Å². The number of halogens is 1. The minimum absolute atomic E-state index is 0.0401. The zero-order chi connectivity index (χ0) is 20.9. The Balaban J connectivity index is 1.41. The monoisotopic (exact) mass is 428 g/mol. The lowest BCUT2D eigenvalue weighted by atomic mass is 9.73. The third-order valence-electron chi connectivity index (χ3n) is 6.68. The highest BCUT2D eigenvalue weighted by Gasteiger charge is 2.47. The van der Waals surface area contributed by atoms with Gasteiger partial charge in [-0.25, -0.2) is 9.97 Å². The van der Waals surface area contributed by atoms with Gasteiger partial charge in [-0.15, -0.1) is 0 Å². The number of aromatic nitrogens is 4. The summed E-state index contributed by atoms with van der Waals surface area (Å²) in [6.07, 6.45) is 5.48. The molecule has 0 saturated carbocycles. The molecule has 4 heterocycles. The van der Waals surface area contributed by atoms with Gasteiger partial charge in [-0.3, -0.25) is 5.10 Å². The second kappa shape index (κ2) is 7.46. The van der Waals surface area contributed by atoms with E-state index >= 15 is 0 Å². The fraction of sp³-hybridized carbons (Fsp3) is 0.476. The largest absolute Gasteiger partial charge is 0.390 e. The lowest BCUT2D eigenvalue weighted by Crippen LogP contribution is -2.51. The molecule has 0 bridgehead atoms. The molecule has 2 aromatic heterocycles. The van der Waals surface area contributed by atoms with Crippen molar-refractivity contribution in [2.75, 3.05) is 24.6 Å². The van der Waals surface area contributed by atoms with E-state index in [1.54, 1.807) is 12.4 Å². The molecule has 2 aliphatic rings. The van der Waals surface area contributed by atoms with Crippen LogP contribution in [-0.2, 0) is 11.3 Å². The number of aliphatic hydroxyl groups is 1. The van der Waals surface area contributed by atoms with E-state index in [4.69, 9.17) is 22.1 Å². The Kier molecular flexibility index (Phi) is 4.89. The standard InChI is InChI=1S/C21H25ClN6O2/c1-12-19(23)21(11-30-12)2-4-28(5-3-21)20-18(10-29)26-17(9-24-20)13-6-15(22)14-8-25-27-16(14)7-13/h6-9,12,19,29H,2-5,10-11,23H2,1H3,(H,25,27)/t12-,19+/m0/s1. The summed E-state index contributed by atoms with van der Waals surface area (Å²) in [5, 5.41) is 18.5. The smallest absolute Gasteiger partial charge is 0.152 e. The summed E-state index contributed by atoms with van der Waals surface area (Å²) in [5.74, 6) is 0.726. The molecule has 4 N–H and O–H groups in total. The van der Waals surface area contributed by atoms with Crippen molar-refractivity contribution in [2.24, 2.45) is 11.1 Å². The molecule has 1 aromatic carbocycles. The van der Waals surface area contributed by atoms with Crippen LogP contribution in [0, 0.1) is 5.41 Å². The lowest BCUT2D eigenvalue weighted by molar-refractivity contribution is 0.0973. The number of rotatable bonds is 3. The Bertz CT molecular complexity index is 1080. The van der Waals surface area contributed by atoms with Gasteiger partial charge in [-0.2, -0.15) is 5.10 Å². The van der Waals surface area contributed by atoms with E-state index in [0.717, 1.165) is 54.8 Å². The number of H-pyrrole nitrogens is 1. The fourth-order valence-electron chi connectivity index (χ4n) is 4.72. The molecule has 3 aromatic rings. The molecule has 2 aliphatic heterocycles. The van der Waals surface area contributed by atoms with Gasteiger partial charge in [0, 0.05) is 41.7 Å². The van der Waals surface area contributed by atoms with Crippen LogP contribution in [0.3, 0.4) is 0 Å². The molecular weight excluding hydrogens is 404 g/mol. The molecule has 9 heteroatoms. The fourth-order valence-corrected chi connectivity index (χ4v) is 4.99. The summed E-state index contributed by atoms with van der Waals surface area (Å²) in [7, 11) is 0. The van der Waals surface area contributed by atoms with Crippen molar-refractivity contribution in [1.82, 2.24) is 20.2 Å². The first-order valence-electron chi connectivity index (χ1n) is 10.2. The number of anilines is 1. The molecule has 0 radical (unpaired) electrons. The molecule has 0 amide bonds. The Morgan fingerprint density at radius 3 is 2.87 bits per heavy atom. The molecular formula is C21H25ClN6O2. The number of hydrogen-bond donors (Lipinski definition) is 3. The van der Waals surface area contributed by atoms with Gasteiger partial charge in [-0.1, -0.05) is 11.6 Å². The van der Waals surface area contributed by atoms with Gasteiger partial charge < -0.3 is 20.5 Å². The minimum Gasteiger partial charge on any atom is -0.390 e. The van der Waals surface area contributed by atoms with Gasteiger partial charge in [-0.05, 0) is 31.9 Å². The van der Waals surface area contributed by atoms with Crippen LogP contribution in [0.4, 0.5) is 5.82 Å². The number of hydrogen-bond acceptors (Lipinski definition) is 7. The molecule has 2 fully saturated rings. The number of piperidine rings is 1. The van der Waals surface area contributed by atoms with E-state index in [9.17, 15) is 5.11 Å². The first-order valence-corrected chi connectivity index (χ1v) is 10.6. The summed E-state index contributed by atoms with van der Waals surface area (Å²) < 4.78 is 5.81. The predicted octanol–water partition coefficient (Wildman–Crippen LogP) is 2.50. The van der Waals surface area contributed by atoms with Crippen molar-refractivity contribution >= 4 is 28.3 Å². The Morgan fingerprint density at radius 2 is 2.17 bits per heavy atom. The molecule has 30 heavy (non-hydrogen) atoms. The average molecular weight is 429 g/mol. The number of benzene rings is 1. The normalized spacial score (nSPS) is 23.5. The summed E-state index contributed by atoms with van der Waals surface area (Å²) >= 11 is 6.38. The molecule has 0 unspecified atom stereocenters. The first-order chi connectivity index (χ1) is 14.5. The van der Waals surface area contributed by atoms with Crippen molar-refractivity contribution in [1.29, 1.82) is 0 Å². The number of aromatic amines is 1. The number of ether oxygens (including phenoxy) is 1. The molecule has 2 atom stereocenters. The molecule has 0 aliphatic carbocycles. The molecule has 5 rings (SSSR count). The van der Waals surface area contributed by atoms with E-state index < -0.39 is 0 Å².